The highest BCUT2D eigenvalue weighted by Gasteiger charge is 2.34. The maximum absolute atomic E-state index is 4.86. The topological polar surface area (TPSA) is 35.0 Å². The van der Waals surface area contributed by atoms with Gasteiger partial charge in [-0.3, -0.25) is 4.99 Å². The minimum absolute atomic E-state index is 0.343. The number of hydrogen-bond acceptors (Lipinski definition) is 5. The van der Waals surface area contributed by atoms with Gasteiger partial charge in [-0.1, -0.05) is 36.4 Å². The van der Waals surface area contributed by atoms with E-state index < -0.39 is 0 Å². The van der Waals surface area contributed by atoms with Crippen LogP contribution in [0.3, 0.4) is 0 Å². The summed E-state index contributed by atoms with van der Waals surface area (Å²) in [5, 5.41) is 2.28. The first-order valence-electron chi connectivity index (χ1n) is 10.6. The number of piperazine rings is 1. The summed E-state index contributed by atoms with van der Waals surface area (Å²) in [7, 11) is 0. The van der Waals surface area contributed by atoms with Gasteiger partial charge in [0.05, 0.1) is 5.36 Å². The zero-order chi connectivity index (χ0) is 20.5. The molecule has 0 radical (unpaired) electrons. The monoisotopic (exact) mass is 397 g/mol. The molecule has 0 aliphatic carbocycles. The van der Waals surface area contributed by atoms with Crippen LogP contribution in [0, 0.1) is 0 Å². The minimum Gasteiger partial charge on any atom is -0.351 e. The molecule has 0 unspecified atom stereocenters. The normalized spacial score (nSPS) is 21.3. The van der Waals surface area contributed by atoms with E-state index in [0.29, 0.717) is 18.8 Å². The predicted molar refractivity (Wildman–Crippen MR) is 122 cm³/mol. The van der Waals surface area contributed by atoms with E-state index in [4.69, 9.17) is 4.99 Å². The van der Waals surface area contributed by atoms with E-state index in [1.54, 1.807) is 0 Å². The Kier molecular flexibility index (Phi) is 4.87. The lowest BCUT2D eigenvalue weighted by atomic mass is 10.1. The summed E-state index contributed by atoms with van der Waals surface area (Å²) >= 11 is 0. The fourth-order valence-electron chi connectivity index (χ4n) is 4.55. The van der Waals surface area contributed by atoms with Crippen molar-refractivity contribution in [3.8, 4) is 0 Å². The van der Waals surface area contributed by atoms with Crippen molar-refractivity contribution >= 4 is 17.3 Å². The molecule has 3 aromatic rings. The maximum Gasteiger partial charge on any atom is 0.128 e. The lowest BCUT2D eigenvalue weighted by molar-refractivity contribution is 0.240. The summed E-state index contributed by atoms with van der Waals surface area (Å²) in [6.45, 7) is 7.11. The molecule has 5 nitrogen and oxygen atoms in total. The molecule has 0 spiro atoms. The van der Waals surface area contributed by atoms with Gasteiger partial charge >= 0.3 is 0 Å². The Hall–Kier alpha value is -3.34. The maximum atomic E-state index is 4.86. The summed E-state index contributed by atoms with van der Waals surface area (Å²) in [6, 6.07) is 25.9. The standard InChI is InChI=1S/C25H27N5/c1-19-17-29(20(2)16-28(19)24-14-8-9-15-26-24)25-22-12-6-7-13-23(22)27-18-30(25)21-10-4-3-5-11-21/h3-15,19-20H,16-18H2,1-2H3/t19-,20-/m0/s1. The van der Waals surface area contributed by atoms with Crippen molar-refractivity contribution in [3.63, 3.8) is 0 Å². The Morgan fingerprint density at radius 3 is 2.27 bits per heavy atom. The summed E-state index contributed by atoms with van der Waals surface area (Å²) < 4.78 is 0. The number of aromatic nitrogens is 1. The molecule has 1 saturated heterocycles. The number of hydrogen-bond donors (Lipinski definition) is 0. The lowest BCUT2D eigenvalue weighted by Crippen LogP contribution is -2.60. The summed E-state index contributed by atoms with van der Waals surface area (Å²) in [5.41, 5.74) is 1.18. The molecule has 0 saturated carbocycles. The molecule has 2 aliphatic rings. The molecule has 152 valence electrons. The van der Waals surface area contributed by atoms with E-state index in [-0.39, 0.29) is 0 Å². The van der Waals surface area contributed by atoms with E-state index in [1.165, 1.54) is 16.7 Å². The fourth-order valence-corrected chi connectivity index (χ4v) is 4.55. The van der Waals surface area contributed by atoms with Crippen molar-refractivity contribution < 1.29 is 0 Å². The third-order valence-corrected chi connectivity index (χ3v) is 6.05. The van der Waals surface area contributed by atoms with Gasteiger partial charge in [0, 0.05) is 42.3 Å². The van der Waals surface area contributed by atoms with Crippen molar-refractivity contribution in [3.05, 3.63) is 89.6 Å². The van der Waals surface area contributed by atoms with Crippen LogP contribution >= 0.6 is 0 Å². The van der Waals surface area contributed by atoms with Crippen LogP contribution in [0.1, 0.15) is 13.8 Å². The number of benzene rings is 2. The van der Waals surface area contributed by atoms with Gasteiger partial charge in [-0.05, 0) is 50.2 Å². The molecular formula is C25H27N5. The van der Waals surface area contributed by atoms with Crippen molar-refractivity contribution in [2.45, 2.75) is 25.9 Å². The van der Waals surface area contributed by atoms with Gasteiger partial charge in [0.2, 0.25) is 0 Å². The number of para-hydroxylation sites is 2. The Balaban J connectivity index is 1.57. The van der Waals surface area contributed by atoms with Gasteiger partial charge in [-0.2, -0.15) is 0 Å². The summed E-state index contributed by atoms with van der Waals surface area (Å²) in [5.74, 6) is 2.31. The van der Waals surface area contributed by atoms with E-state index in [1.807, 2.05) is 12.3 Å². The molecule has 0 N–H and O–H groups in total. The minimum atomic E-state index is 0.343. The molecule has 2 atom stereocenters. The van der Waals surface area contributed by atoms with Crippen molar-refractivity contribution in [1.29, 1.82) is 0 Å². The third kappa shape index (κ3) is 3.30. The van der Waals surface area contributed by atoms with E-state index in [9.17, 15) is 0 Å². The third-order valence-electron chi connectivity index (χ3n) is 6.05. The van der Waals surface area contributed by atoms with Gasteiger partial charge in [0.1, 0.15) is 18.3 Å². The lowest BCUT2D eigenvalue weighted by Gasteiger charge is -2.48. The van der Waals surface area contributed by atoms with Crippen LogP contribution in [0.4, 0.5) is 11.5 Å². The molecule has 2 aliphatic heterocycles. The molecule has 2 aromatic carbocycles. The van der Waals surface area contributed by atoms with Gasteiger partial charge in [0.15, 0.2) is 0 Å². The first-order valence-corrected chi connectivity index (χ1v) is 10.6. The predicted octanol–water partition coefficient (Wildman–Crippen LogP) is 2.84. The highest BCUT2D eigenvalue weighted by atomic mass is 15.4. The van der Waals surface area contributed by atoms with Gasteiger partial charge in [0.25, 0.3) is 0 Å². The van der Waals surface area contributed by atoms with Crippen LogP contribution < -0.4 is 20.4 Å². The number of fused-ring (bicyclic) bond motifs is 1. The van der Waals surface area contributed by atoms with Crippen LogP contribution in [0.25, 0.3) is 5.82 Å². The first-order chi connectivity index (χ1) is 14.7. The summed E-state index contributed by atoms with van der Waals surface area (Å²) in [6.07, 6.45) is 1.88. The number of rotatable bonds is 3. The van der Waals surface area contributed by atoms with Gasteiger partial charge in [-0.15, -0.1) is 0 Å². The second-order valence-corrected chi connectivity index (χ2v) is 8.09. The second-order valence-electron chi connectivity index (χ2n) is 8.09. The molecule has 5 rings (SSSR count). The summed E-state index contributed by atoms with van der Waals surface area (Å²) in [4.78, 5) is 16.8. The Bertz CT molecular complexity index is 1130. The van der Waals surface area contributed by atoms with Crippen molar-refractivity contribution in [1.82, 2.24) is 9.88 Å². The van der Waals surface area contributed by atoms with Crippen LogP contribution in [0.5, 0.6) is 0 Å². The van der Waals surface area contributed by atoms with Crippen LogP contribution in [0.2, 0.25) is 0 Å². The SMILES string of the molecule is C[C@H]1CN(c2ccccn2)[C@@H](C)CN1C1=c2ccccc2=NCN1c1ccccc1. The quantitative estimate of drug-likeness (QED) is 0.681. The highest BCUT2D eigenvalue weighted by Crippen LogP contribution is 2.29. The first kappa shape index (κ1) is 18.7. The van der Waals surface area contributed by atoms with E-state index in [0.717, 1.165) is 24.3 Å². The number of pyridine rings is 1. The highest BCUT2D eigenvalue weighted by molar-refractivity contribution is 5.68. The van der Waals surface area contributed by atoms with E-state index >= 15 is 0 Å². The molecule has 5 heteroatoms. The van der Waals surface area contributed by atoms with Crippen LogP contribution in [-0.2, 0) is 0 Å². The Morgan fingerprint density at radius 1 is 0.767 bits per heavy atom. The molecule has 1 aromatic heterocycles. The molecule has 0 amide bonds. The largest absolute Gasteiger partial charge is 0.351 e. The van der Waals surface area contributed by atoms with Gasteiger partial charge in [-0.25, -0.2) is 4.98 Å². The van der Waals surface area contributed by atoms with E-state index in [2.05, 4.69) is 100 Å². The second kappa shape index (κ2) is 7.82. The molecule has 0 bridgehead atoms. The Labute approximate surface area is 177 Å². The Morgan fingerprint density at radius 2 is 1.47 bits per heavy atom. The molecular weight excluding hydrogens is 370 g/mol. The molecule has 1 fully saturated rings. The van der Waals surface area contributed by atoms with Gasteiger partial charge < -0.3 is 14.7 Å². The fraction of sp³-hybridized carbons (Fsp3) is 0.280. The molecule has 30 heavy (non-hydrogen) atoms. The van der Waals surface area contributed by atoms with Crippen molar-refractivity contribution in [2.24, 2.45) is 4.99 Å². The zero-order valence-electron chi connectivity index (χ0n) is 17.5. The number of nitrogens with zero attached hydrogens (tertiary/aromatic N) is 5. The average Bonchev–Trinajstić information content (AvgIpc) is 2.81. The van der Waals surface area contributed by atoms with Crippen molar-refractivity contribution in [2.75, 3.05) is 29.6 Å². The number of anilines is 2. The molecule has 3 heterocycles. The smallest absolute Gasteiger partial charge is 0.128 e. The van der Waals surface area contributed by atoms with Crippen LogP contribution in [-0.4, -0.2) is 41.7 Å². The average molecular weight is 398 g/mol. The van der Waals surface area contributed by atoms with Crippen LogP contribution in [0.15, 0.2) is 84.0 Å². The zero-order valence-corrected chi connectivity index (χ0v) is 17.5.